The number of carbonyl (C=O) groups is 1. The fourth-order valence-corrected chi connectivity index (χ4v) is 1.88. The Kier molecular flexibility index (Phi) is 6.96. The Balaban J connectivity index is 2.62. The quantitative estimate of drug-likeness (QED) is 0.759. The number of carbonyl (C=O) groups excluding carboxylic acids is 1. The van der Waals surface area contributed by atoms with E-state index in [0.717, 1.165) is 23.3 Å². The number of nitrogens with one attached hydrogen (secondary N) is 1. The van der Waals surface area contributed by atoms with Crippen molar-refractivity contribution in [2.45, 2.75) is 33.3 Å². The van der Waals surface area contributed by atoms with Crippen molar-refractivity contribution < 1.29 is 14.6 Å². The predicted octanol–water partition coefficient (Wildman–Crippen LogP) is 2.62. The van der Waals surface area contributed by atoms with Gasteiger partial charge in [0.2, 0.25) is 5.91 Å². The first-order valence-electron chi connectivity index (χ1n) is 7.26. The fraction of sp³-hybridized carbons (Fsp3) is 0.471. The van der Waals surface area contributed by atoms with E-state index in [2.05, 4.69) is 5.32 Å². The molecule has 0 saturated heterocycles. The van der Waals surface area contributed by atoms with Gasteiger partial charge in [0.15, 0.2) is 0 Å². The third kappa shape index (κ3) is 5.60. The van der Waals surface area contributed by atoms with E-state index < -0.39 is 6.10 Å². The first-order valence-corrected chi connectivity index (χ1v) is 7.26. The molecule has 2 unspecified atom stereocenters. The Morgan fingerprint density at radius 3 is 2.81 bits per heavy atom. The summed E-state index contributed by atoms with van der Waals surface area (Å²) >= 11 is 0. The highest BCUT2D eigenvalue weighted by molar-refractivity contribution is 5.94. The Morgan fingerprint density at radius 2 is 2.19 bits per heavy atom. The summed E-state index contributed by atoms with van der Waals surface area (Å²) < 4.78 is 5.17. The van der Waals surface area contributed by atoms with Crippen molar-refractivity contribution >= 4 is 11.5 Å². The molecule has 2 atom stereocenters. The summed E-state index contributed by atoms with van der Waals surface area (Å²) in [5.74, 6) is 0.735. The van der Waals surface area contributed by atoms with Crippen molar-refractivity contribution in [1.29, 1.82) is 0 Å². The number of hydrogen-bond acceptors (Lipinski definition) is 3. The molecule has 2 N–H and O–H groups in total. The SMILES string of the molecule is CCC(C)C(O)CNC(=O)/C=C(/C)c1cccc(OC)c1. The fourth-order valence-electron chi connectivity index (χ4n) is 1.88. The number of aliphatic hydroxyl groups excluding tert-OH is 1. The van der Waals surface area contributed by atoms with Gasteiger partial charge in [-0.2, -0.15) is 0 Å². The first-order chi connectivity index (χ1) is 9.97. The van der Waals surface area contributed by atoms with Crippen LogP contribution in [0.5, 0.6) is 5.75 Å². The topological polar surface area (TPSA) is 58.6 Å². The van der Waals surface area contributed by atoms with E-state index in [-0.39, 0.29) is 18.4 Å². The van der Waals surface area contributed by atoms with Crippen LogP contribution in [0.3, 0.4) is 0 Å². The summed E-state index contributed by atoms with van der Waals surface area (Å²) in [7, 11) is 1.61. The molecule has 0 radical (unpaired) electrons. The first kappa shape index (κ1) is 17.2. The van der Waals surface area contributed by atoms with E-state index in [1.807, 2.05) is 45.0 Å². The van der Waals surface area contributed by atoms with E-state index in [4.69, 9.17) is 4.74 Å². The molecule has 4 nitrogen and oxygen atoms in total. The second-order valence-electron chi connectivity index (χ2n) is 5.26. The summed E-state index contributed by atoms with van der Waals surface area (Å²) in [6, 6.07) is 7.55. The molecule has 0 spiro atoms. The predicted molar refractivity (Wildman–Crippen MR) is 85.1 cm³/mol. The Morgan fingerprint density at radius 1 is 1.48 bits per heavy atom. The molecule has 0 aliphatic heterocycles. The van der Waals surface area contributed by atoms with Crippen LogP contribution in [0.25, 0.3) is 5.57 Å². The van der Waals surface area contributed by atoms with Crippen molar-refractivity contribution in [3.8, 4) is 5.75 Å². The molecule has 1 rings (SSSR count). The van der Waals surface area contributed by atoms with Crippen LogP contribution in [-0.4, -0.2) is 30.8 Å². The highest BCUT2D eigenvalue weighted by Crippen LogP contribution is 2.19. The molecule has 0 saturated carbocycles. The summed E-state index contributed by atoms with van der Waals surface area (Å²) in [6.07, 6.45) is 1.91. The zero-order valence-electron chi connectivity index (χ0n) is 13.2. The van der Waals surface area contributed by atoms with Crippen molar-refractivity contribution in [2.24, 2.45) is 5.92 Å². The van der Waals surface area contributed by atoms with Crippen molar-refractivity contribution in [3.05, 3.63) is 35.9 Å². The summed E-state index contributed by atoms with van der Waals surface area (Å²) in [5.41, 5.74) is 1.79. The van der Waals surface area contributed by atoms with Gasteiger partial charge in [0, 0.05) is 12.6 Å². The number of benzene rings is 1. The van der Waals surface area contributed by atoms with Crippen LogP contribution in [0, 0.1) is 5.92 Å². The maximum absolute atomic E-state index is 11.9. The maximum Gasteiger partial charge on any atom is 0.244 e. The van der Waals surface area contributed by atoms with E-state index in [1.54, 1.807) is 7.11 Å². The Hall–Kier alpha value is -1.81. The van der Waals surface area contributed by atoms with Crippen LogP contribution in [0.2, 0.25) is 0 Å². The summed E-state index contributed by atoms with van der Waals surface area (Å²) in [5, 5.41) is 12.6. The van der Waals surface area contributed by atoms with Gasteiger partial charge >= 0.3 is 0 Å². The van der Waals surface area contributed by atoms with Crippen LogP contribution in [0.15, 0.2) is 30.3 Å². The number of amides is 1. The minimum atomic E-state index is -0.510. The molecule has 21 heavy (non-hydrogen) atoms. The normalized spacial score (nSPS) is 14.4. The van der Waals surface area contributed by atoms with Gasteiger partial charge in [-0.25, -0.2) is 0 Å². The third-order valence-corrected chi connectivity index (χ3v) is 3.66. The number of aliphatic hydroxyl groups is 1. The zero-order valence-corrected chi connectivity index (χ0v) is 13.2. The monoisotopic (exact) mass is 291 g/mol. The van der Waals surface area contributed by atoms with Crippen LogP contribution < -0.4 is 10.1 Å². The molecule has 0 fully saturated rings. The lowest BCUT2D eigenvalue weighted by atomic mass is 10.0. The summed E-state index contributed by atoms with van der Waals surface area (Å²) in [4.78, 5) is 11.9. The lowest BCUT2D eigenvalue weighted by molar-refractivity contribution is -0.117. The highest BCUT2D eigenvalue weighted by Gasteiger charge is 2.12. The molecule has 0 heterocycles. The molecule has 0 aromatic heterocycles. The average molecular weight is 291 g/mol. The van der Waals surface area contributed by atoms with Gasteiger partial charge in [-0.05, 0) is 36.1 Å². The van der Waals surface area contributed by atoms with Crippen LogP contribution >= 0.6 is 0 Å². The van der Waals surface area contributed by atoms with Crippen molar-refractivity contribution in [3.63, 3.8) is 0 Å². The molecule has 1 amide bonds. The smallest absolute Gasteiger partial charge is 0.244 e. The van der Waals surface area contributed by atoms with Gasteiger partial charge in [0.25, 0.3) is 0 Å². The lowest BCUT2D eigenvalue weighted by Gasteiger charge is -2.17. The average Bonchev–Trinajstić information content (AvgIpc) is 2.51. The highest BCUT2D eigenvalue weighted by atomic mass is 16.5. The molecular weight excluding hydrogens is 266 g/mol. The standard InChI is InChI=1S/C17H25NO3/c1-5-12(2)16(19)11-18-17(20)9-13(3)14-7-6-8-15(10-14)21-4/h6-10,12,16,19H,5,11H2,1-4H3,(H,18,20)/b13-9-. The van der Waals surface area contributed by atoms with Gasteiger partial charge in [0.1, 0.15) is 5.75 Å². The Bertz CT molecular complexity index is 497. The van der Waals surface area contributed by atoms with Crippen LogP contribution in [0.4, 0.5) is 0 Å². The summed E-state index contributed by atoms with van der Waals surface area (Å²) in [6.45, 7) is 6.13. The second-order valence-corrected chi connectivity index (χ2v) is 5.26. The minimum absolute atomic E-state index is 0.175. The minimum Gasteiger partial charge on any atom is -0.497 e. The van der Waals surface area contributed by atoms with Gasteiger partial charge in [-0.15, -0.1) is 0 Å². The van der Waals surface area contributed by atoms with E-state index in [1.165, 1.54) is 6.08 Å². The molecule has 1 aromatic carbocycles. The van der Waals surface area contributed by atoms with Gasteiger partial charge in [-0.1, -0.05) is 32.4 Å². The Labute approximate surface area is 126 Å². The van der Waals surface area contributed by atoms with E-state index >= 15 is 0 Å². The number of methoxy groups -OCH3 is 1. The number of rotatable bonds is 7. The maximum atomic E-state index is 11.9. The van der Waals surface area contributed by atoms with Crippen LogP contribution in [-0.2, 0) is 4.79 Å². The van der Waals surface area contributed by atoms with E-state index in [0.29, 0.717) is 0 Å². The number of allylic oxidation sites excluding steroid dienone is 1. The van der Waals surface area contributed by atoms with Gasteiger partial charge in [-0.3, -0.25) is 4.79 Å². The molecular formula is C17H25NO3. The molecule has 1 aromatic rings. The molecule has 116 valence electrons. The van der Waals surface area contributed by atoms with E-state index in [9.17, 15) is 9.90 Å². The molecule has 0 bridgehead atoms. The molecule has 0 aliphatic carbocycles. The molecule has 4 heteroatoms. The number of hydrogen-bond donors (Lipinski definition) is 2. The second kappa shape index (κ2) is 8.47. The number of ether oxygens (including phenoxy) is 1. The van der Waals surface area contributed by atoms with Crippen molar-refractivity contribution in [1.82, 2.24) is 5.32 Å². The third-order valence-electron chi connectivity index (χ3n) is 3.66. The van der Waals surface area contributed by atoms with Gasteiger partial charge < -0.3 is 15.2 Å². The van der Waals surface area contributed by atoms with Crippen molar-refractivity contribution in [2.75, 3.05) is 13.7 Å². The molecule has 0 aliphatic rings. The lowest BCUT2D eigenvalue weighted by Crippen LogP contribution is -2.34. The zero-order chi connectivity index (χ0) is 15.8. The van der Waals surface area contributed by atoms with Gasteiger partial charge in [0.05, 0.1) is 13.2 Å². The largest absolute Gasteiger partial charge is 0.497 e. The van der Waals surface area contributed by atoms with Crippen LogP contribution in [0.1, 0.15) is 32.8 Å².